The van der Waals surface area contributed by atoms with Gasteiger partial charge in [-0.3, -0.25) is 4.72 Å². The Bertz CT molecular complexity index is 1050. The van der Waals surface area contributed by atoms with Crippen LogP contribution < -0.4 is 9.46 Å². The van der Waals surface area contributed by atoms with Gasteiger partial charge in [-0.2, -0.15) is 17.7 Å². The number of benzene rings is 1. The SMILES string of the molecule is O=S(=O)(Nc1cc(O[C@@H]2CCC[C@H]2O)nc(SCc2cccc(F)c2F)n1)N1CCC1. The zero-order valence-corrected chi connectivity index (χ0v) is 18.1. The van der Waals surface area contributed by atoms with Crippen molar-refractivity contribution in [3.8, 4) is 5.88 Å². The van der Waals surface area contributed by atoms with Gasteiger partial charge in [-0.25, -0.2) is 13.8 Å². The van der Waals surface area contributed by atoms with Gasteiger partial charge in [0.2, 0.25) is 5.88 Å². The number of aromatic nitrogens is 2. The molecule has 2 aliphatic rings. The molecule has 1 aromatic heterocycles. The second-order valence-corrected chi connectivity index (χ2v) is 10.0. The van der Waals surface area contributed by atoms with Crippen molar-refractivity contribution in [3.05, 3.63) is 41.5 Å². The number of nitrogens with zero attached hydrogens (tertiary/aromatic N) is 3. The highest BCUT2D eigenvalue weighted by Gasteiger charge is 2.30. The lowest BCUT2D eigenvalue weighted by atomic mass is 10.2. The van der Waals surface area contributed by atoms with E-state index in [1.165, 1.54) is 22.5 Å². The fraction of sp³-hybridized carbons (Fsp3) is 0.474. The predicted molar refractivity (Wildman–Crippen MR) is 111 cm³/mol. The van der Waals surface area contributed by atoms with Crippen LogP contribution in [0.2, 0.25) is 0 Å². The van der Waals surface area contributed by atoms with Crippen molar-refractivity contribution in [1.29, 1.82) is 0 Å². The third-order valence-electron chi connectivity index (χ3n) is 5.15. The number of ether oxygens (including phenoxy) is 1. The third-order valence-corrected chi connectivity index (χ3v) is 7.56. The van der Waals surface area contributed by atoms with Gasteiger partial charge in [0.05, 0.1) is 6.10 Å². The van der Waals surface area contributed by atoms with E-state index >= 15 is 0 Å². The molecule has 2 aromatic rings. The van der Waals surface area contributed by atoms with Gasteiger partial charge in [0, 0.05) is 30.5 Å². The summed E-state index contributed by atoms with van der Waals surface area (Å²) in [5.41, 5.74) is 0.133. The number of aliphatic hydroxyl groups excluding tert-OH is 1. The molecule has 0 radical (unpaired) electrons. The fourth-order valence-corrected chi connectivity index (χ4v) is 5.37. The first-order valence-electron chi connectivity index (χ1n) is 9.89. The molecule has 4 rings (SSSR count). The Morgan fingerprint density at radius 3 is 2.71 bits per heavy atom. The Morgan fingerprint density at radius 1 is 1.23 bits per heavy atom. The van der Waals surface area contributed by atoms with Crippen molar-refractivity contribution in [2.45, 2.75) is 48.8 Å². The molecule has 2 fully saturated rings. The average molecular weight is 473 g/mol. The zero-order valence-electron chi connectivity index (χ0n) is 16.5. The van der Waals surface area contributed by atoms with Crippen molar-refractivity contribution in [2.75, 3.05) is 17.8 Å². The Labute approximate surface area is 183 Å². The highest BCUT2D eigenvalue weighted by Crippen LogP contribution is 2.29. The number of thioether (sulfide) groups is 1. The molecule has 2 atom stereocenters. The summed E-state index contributed by atoms with van der Waals surface area (Å²) in [6.45, 7) is 0.858. The summed E-state index contributed by atoms with van der Waals surface area (Å²) in [6, 6.07) is 5.25. The molecule has 1 aromatic carbocycles. The highest BCUT2D eigenvalue weighted by molar-refractivity contribution is 7.98. The van der Waals surface area contributed by atoms with E-state index in [-0.39, 0.29) is 28.2 Å². The van der Waals surface area contributed by atoms with E-state index in [4.69, 9.17) is 4.74 Å². The zero-order chi connectivity index (χ0) is 22.0. The van der Waals surface area contributed by atoms with Gasteiger partial charge >= 0.3 is 10.2 Å². The molecule has 1 aliphatic heterocycles. The lowest BCUT2D eigenvalue weighted by Crippen LogP contribution is -2.45. The van der Waals surface area contributed by atoms with Gasteiger partial charge in [0.1, 0.15) is 11.9 Å². The van der Waals surface area contributed by atoms with E-state index in [0.29, 0.717) is 25.9 Å². The largest absolute Gasteiger partial charge is 0.471 e. The van der Waals surface area contributed by atoms with Gasteiger partial charge < -0.3 is 9.84 Å². The Balaban J connectivity index is 1.56. The molecule has 1 aliphatic carbocycles. The van der Waals surface area contributed by atoms with Crippen LogP contribution in [0.15, 0.2) is 29.4 Å². The molecule has 2 N–H and O–H groups in total. The van der Waals surface area contributed by atoms with Crippen LogP contribution in [0.25, 0.3) is 0 Å². The Kier molecular flexibility index (Phi) is 6.60. The smallest absolute Gasteiger partial charge is 0.302 e. The average Bonchev–Trinajstić information content (AvgIpc) is 3.05. The van der Waals surface area contributed by atoms with Crippen molar-refractivity contribution < 1.29 is 27.0 Å². The molecule has 8 nitrogen and oxygen atoms in total. The first-order chi connectivity index (χ1) is 14.8. The maximum absolute atomic E-state index is 14.0. The highest BCUT2D eigenvalue weighted by atomic mass is 32.2. The van der Waals surface area contributed by atoms with E-state index in [1.807, 2.05) is 0 Å². The minimum atomic E-state index is -3.76. The predicted octanol–water partition coefficient (Wildman–Crippen LogP) is 2.70. The summed E-state index contributed by atoms with van der Waals surface area (Å²) >= 11 is 1.02. The molecule has 0 unspecified atom stereocenters. The number of aliphatic hydroxyl groups is 1. The second kappa shape index (κ2) is 9.23. The molecule has 168 valence electrons. The molecule has 12 heteroatoms. The lowest BCUT2D eigenvalue weighted by Gasteiger charge is -2.29. The summed E-state index contributed by atoms with van der Waals surface area (Å²) < 4.78 is 61.8. The maximum Gasteiger partial charge on any atom is 0.302 e. The van der Waals surface area contributed by atoms with Gasteiger partial charge in [0.25, 0.3) is 0 Å². The summed E-state index contributed by atoms with van der Waals surface area (Å²) in [5.74, 6) is -1.75. The number of rotatable bonds is 8. The Morgan fingerprint density at radius 2 is 2.03 bits per heavy atom. The third kappa shape index (κ3) is 5.25. The number of halogens is 2. The van der Waals surface area contributed by atoms with E-state index in [2.05, 4.69) is 14.7 Å². The van der Waals surface area contributed by atoms with Gasteiger partial charge in [0.15, 0.2) is 16.8 Å². The maximum atomic E-state index is 14.0. The van der Waals surface area contributed by atoms with Crippen LogP contribution in [0.1, 0.15) is 31.2 Å². The summed E-state index contributed by atoms with van der Waals surface area (Å²) in [6.07, 6.45) is 1.79. The first kappa shape index (κ1) is 22.2. The summed E-state index contributed by atoms with van der Waals surface area (Å²) in [4.78, 5) is 8.46. The van der Waals surface area contributed by atoms with Gasteiger partial charge in [-0.1, -0.05) is 23.9 Å². The molecular weight excluding hydrogens is 450 g/mol. The van der Waals surface area contributed by atoms with Crippen LogP contribution in [0, 0.1) is 11.6 Å². The van der Waals surface area contributed by atoms with Crippen molar-refractivity contribution in [2.24, 2.45) is 0 Å². The molecule has 0 amide bonds. The molecule has 1 saturated heterocycles. The monoisotopic (exact) mass is 472 g/mol. The fourth-order valence-electron chi connectivity index (χ4n) is 3.31. The number of hydrogen-bond acceptors (Lipinski definition) is 7. The van der Waals surface area contributed by atoms with Crippen molar-refractivity contribution in [3.63, 3.8) is 0 Å². The molecule has 0 spiro atoms. The van der Waals surface area contributed by atoms with Crippen molar-refractivity contribution >= 4 is 27.8 Å². The second-order valence-electron chi connectivity index (χ2n) is 7.39. The standard InChI is InChI=1S/C19H22F2N4O4S2/c20-13-5-1-4-12(18(13)21)11-30-19-22-16(24-31(27,28)25-8-3-9-25)10-17(23-19)29-15-7-2-6-14(15)26/h1,4-5,10,14-15,26H,2-3,6-9,11H2,(H,22,23,24)/t14-,15-/m1/s1. The van der Waals surface area contributed by atoms with Crippen LogP contribution in [0.4, 0.5) is 14.6 Å². The quantitative estimate of drug-likeness (QED) is 0.450. The number of nitrogens with one attached hydrogen (secondary N) is 1. The number of anilines is 1. The molecule has 1 saturated carbocycles. The lowest BCUT2D eigenvalue weighted by molar-refractivity contribution is 0.0569. The van der Waals surface area contributed by atoms with E-state index in [1.54, 1.807) is 0 Å². The van der Waals surface area contributed by atoms with Gasteiger partial charge in [-0.15, -0.1) is 0 Å². The molecular formula is C19H22F2N4O4S2. The van der Waals surface area contributed by atoms with Crippen LogP contribution in [0.3, 0.4) is 0 Å². The Hall–Kier alpha value is -2.02. The minimum absolute atomic E-state index is 0.00611. The van der Waals surface area contributed by atoms with Gasteiger partial charge in [-0.05, 0) is 31.7 Å². The molecule has 0 bridgehead atoms. The van der Waals surface area contributed by atoms with E-state index in [9.17, 15) is 22.3 Å². The molecule has 2 heterocycles. The normalized spacial score (nSPS) is 21.6. The summed E-state index contributed by atoms with van der Waals surface area (Å²) in [7, 11) is -3.76. The van der Waals surface area contributed by atoms with E-state index in [0.717, 1.165) is 30.7 Å². The van der Waals surface area contributed by atoms with Crippen molar-refractivity contribution in [1.82, 2.24) is 14.3 Å². The minimum Gasteiger partial charge on any atom is -0.471 e. The number of hydrogen-bond donors (Lipinski definition) is 2. The topological polar surface area (TPSA) is 105 Å². The van der Waals surface area contributed by atoms with Crippen LogP contribution in [-0.2, 0) is 16.0 Å². The summed E-state index contributed by atoms with van der Waals surface area (Å²) in [5, 5.41) is 10.2. The molecule has 31 heavy (non-hydrogen) atoms. The van der Waals surface area contributed by atoms with Crippen LogP contribution in [0.5, 0.6) is 5.88 Å². The van der Waals surface area contributed by atoms with E-state index < -0.39 is 34.1 Å². The van der Waals surface area contributed by atoms with Crippen LogP contribution in [-0.4, -0.2) is 53.1 Å². The first-order valence-corrected chi connectivity index (χ1v) is 12.3. The van der Waals surface area contributed by atoms with Crippen LogP contribution >= 0.6 is 11.8 Å².